The summed E-state index contributed by atoms with van der Waals surface area (Å²) in [6.45, 7) is 1.82. The number of nitro benzene ring substituents is 1. The summed E-state index contributed by atoms with van der Waals surface area (Å²) < 4.78 is 5.37. The molecule has 0 fully saturated rings. The van der Waals surface area contributed by atoms with Crippen molar-refractivity contribution in [2.24, 2.45) is 0 Å². The van der Waals surface area contributed by atoms with E-state index in [-0.39, 0.29) is 24.6 Å². The van der Waals surface area contributed by atoms with Gasteiger partial charge in [0.25, 0.3) is 11.6 Å². The van der Waals surface area contributed by atoms with Crippen LogP contribution in [0.4, 0.5) is 11.4 Å². The lowest BCUT2D eigenvalue weighted by molar-refractivity contribution is -0.384. The van der Waals surface area contributed by atoms with Crippen molar-refractivity contribution in [3.05, 3.63) is 28.3 Å². The van der Waals surface area contributed by atoms with Crippen LogP contribution in [0.1, 0.15) is 13.3 Å². The third-order valence-electron chi connectivity index (χ3n) is 2.81. The van der Waals surface area contributed by atoms with Gasteiger partial charge in [-0.15, -0.1) is 0 Å². The van der Waals surface area contributed by atoms with Gasteiger partial charge < -0.3 is 9.64 Å². The second-order valence-electron chi connectivity index (χ2n) is 4.07. The van der Waals surface area contributed by atoms with Crippen LogP contribution in [-0.4, -0.2) is 23.5 Å². The molecule has 0 N–H and O–H groups in total. The standard InChI is InChI=1S/C12H11N3O4/c1-8-12(16)14(6-2-5-13)10-4-3-9(15(17)18)7-11(10)19-8/h3-4,7-8H,2,6H2,1H3. The Hall–Kier alpha value is -2.62. The van der Waals surface area contributed by atoms with Crippen molar-refractivity contribution in [2.45, 2.75) is 19.4 Å². The Labute approximate surface area is 109 Å². The lowest BCUT2D eigenvalue weighted by Gasteiger charge is -2.32. The highest BCUT2D eigenvalue weighted by Gasteiger charge is 2.32. The summed E-state index contributed by atoms with van der Waals surface area (Å²) in [6.07, 6.45) is -0.525. The smallest absolute Gasteiger partial charge is 0.273 e. The van der Waals surface area contributed by atoms with Crippen LogP contribution in [0.5, 0.6) is 5.75 Å². The molecule has 7 nitrogen and oxygen atoms in total. The van der Waals surface area contributed by atoms with Gasteiger partial charge in [0.05, 0.1) is 29.2 Å². The minimum Gasteiger partial charge on any atom is -0.478 e. The number of carbonyl (C=O) groups is 1. The van der Waals surface area contributed by atoms with Gasteiger partial charge in [0.15, 0.2) is 11.9 Å². The molecular formula is C12H11N3O4. The van der Waals surface area contributed by atoms with Gasteiger partial charge in [0.1, 0.15) is 0 Å². The van der Waals surface area contributed by atoms with Gasteiger partial charge in [-0.25, -0.2) is 0 Å². The minimum absolute atomic E-state index is 0.0967. The molecule has 7 heteroatoms. The Bertz CT molecular complexity index is 579. The van der Waals surface area contributed by atoms with Crippen molar-refractivity contribution in [1.82, 2.24) is 0 Å². The van der Waals surface area contributed by atoms with E-state index in [1.54, 1.807) is 6.92 Å². The second-order valence-corrected chi connectivity index (χ2v) is 4.07. The van der Waals surface area contributed by atoms with Gasteiger partial charge in [0, 0.05) is 12.6 Å². The molecule has 1 unspecified atom stereocenters. The first-order chi connectivity index (χ1) is 9.04. The largest absolute Gasteiger partial charge is 0.478 e. The highest BCUT2D eigenvalue weighted by atomic mass is 16.6. The first kappa shape index (κ1) is 12.8. The third kappa shape index (κ3) is 2.33. The molecule has 0 aromatic heterocycles. The number of nitrogens with zero attached hydrogens (tertiary/aromatic N) is 3. The summed E-state index contributed by atoms with van der Waals surface area (Å²) >= 11 is 0. The summed E-state index contributed by atoms with van der Waals surface area (Å²) in [5.41, 5.74) is 0.365. The van der Waals surface area contributed by atoms with Crippen LogP contribution in [-0.2, 0) is 4.79 Å². The Balaban J connectivity index is 2.42. The summed E-state index contributed by atoms with van der Waals surface area (Å²) in [7, 11) is 0. The van der Waals surface area contributed by atoms with E-state index in [1.165, 1.54) is 23.1 Å². The van der Waals surface area contributed by atoms with Crippen LogP contribution >= 0.6 is 0 Å². The van der Waals surface area contributed by atoms with E-state index in [9.17, 15) is 14.9 Å². The summed E-state index contributed by atoms with van der Waals surface area (Å²) in [5, 5.41) is 19.3. The number of fused-ring (bicyclic) bond motifs is 1. The summed E-state index contributed by atoms with van der Waals surface area (Å²) in [6, 6.07) is 6.03. The Kier molecular flexibility index (Phi) is 3.33. The molecule has 98 valence electrons. The molecule has 1 aliphatic rings. The Morgan fingerprint density at radius 1 is 1.58 bits per heavy atom. The molecule has 0 bridgehead atoms. The molecule has 1 atom stereocenters. The van der Waals surface area contributed by atoms with Crippen molar-refractivity contribution in [3.63, 3.8) is 0 Å². The number of non-ortho nitro benzene ring substituents is 1. The van der Waals surface area contributed by atoms with Crippen molar-refractivity contribution in [3.8, 4) is 11.8 Å². The number of hydrogen-bond donors (Lipinski definition) is 0. The molecule has 1 aliphatic heterocycles. The van der Waals surface area contributed by atoms with E-state index in [0.717, 1.165) is 0 Å². The number of nitro groups is 1. The van der Waals surface area contributed by atoms with E-state index < -0.39 is 11.0 Å². The predicted octanol–water partition coefficient (Wildman–Crippen LogP) is 1.62. The molecule has 1 aromatic rings. The fraction of sp³-hybridized carbons (Fsp3) is 0.333. The van der Waals surface area contributed by atoms with Crippen molar-refractivity contribution in [1.29, 1.82) is 5.26 Å². The number of carbonyl (C=O) groups excluding carboxylic acids is 1. The van der Waals surface area contributed by atoms with Crippen LogP contribution in [0.25, 0.3) is 0 Å². The average Bonchev–Trinajstić information content (AvgIpc) is 2.38. The van der Waals surface area contributed by atoms with E-state index in [1.807, 2.05) is 6.07 Å². The number of anilines is 1. The lowest BCUT2D eigenvalue weighted by atomic mass is 10.1. The molecule has 1 heterocycles. The van der Waals surface area contributed by atoms with Gasteiger partial charge in [-0.05, 0) is 13.0 Å². The van der Waals surface area contributed by atoms with E-state index in [2.05, 4.69) is 0 Å². The molecule has 19 heavy (non-hydrogen) atoms. The zero-order valence-electron chi connectivity index (χ0n) is 10.2. The maximum Gasteiger partial charge on any atom is 0.273 e. The summed E-state index contributed by atoms with van der Waals surface area (Å²) in [4.78, 5) is 23.6. The van der Waals surface area contributed by atoms with Crippen LogP contribution in [0.3, 0.4) is 0 Å². The molecule has 0 spiro atoms. The van der Waals surface area contributed by atoms with Crippen LogP contribution in [0.15, 0.2) is 18.2 Å². The van der Waals surface area contributed by atoms with Gasteiger partial charge in [0.2, 0.25) is 0 Å². The number of hydrogen-bond acceptors (Lipinski definition) is 5. The van der Waals surface area contributed by atoms with Crippen LogP contribution < -0.4 is 9.64 Å². The van der Waals surface area contributed by atoms with Crippen molar-refractivity contribution in [2.75, 3.05) is 11.4 Å². The number of benzene rings is 1. The van der Waals surface area contributed by atoms with Crippen molar-refractivity contribution < 1.29 is 14.5 Å². The minimum atomic E-state index is -0.715. The molecule has 2 rings (SSSR count). The highest BCUT2D eigenvalue weighted by molar-refractivity contribution is 6.00. The SMILES string of the molecule is CC1Oc2cc([N+](=O)[O-])ccc2N(CCC#N)C1=O. The monoisotopic (exact) mass is 261 g/mol. The van der Waals surface area contributed by atoms with E-state index in [4.69, 9.17) is 10.00 Å². The number of nitriles is 1. The molecule has 0 saturated carbocycles. The second kappa shape index (κ2) is 4.94. The van der Waals surface area contributed by atoms with Gasteiger partial charge in [-0.3, -0.25) is 14.9 Å². The normalized spacial score (nSPS) is 17.4. The molecular weight excluding hydrogens is 250 g/mol. The molecule has 0 radical (unpaired) electrons. The molecule has 0 saturated heterocycles. The summed E-state index contributed by atoms with van der Waals surface area (Å²) in [5.74, 6) is 0.0378. The lowest BCUT2D eigenvalue weighted by Crippen LogP contribution is -2.44. The highest BCUT2D eigenvalue weighted by Crippen LogP contribution is 2.36. The van der Waals surface area contributed by atoms with Crippen LogP contribution in [0.2, 0.25) is 0 Å². The van der Waals surface area contributed by atoms with Gasteiger partial charge >= 0.3 is 0 Å². The third-order valence-corrected chi connectivity index (χ3v) is 2.81. The van der Waals surface area contributed by atoms with E-state index in [0.29, 0.717) is 11.4 Å². The van der Waals surface area contributed by atoms with Crippen LogP contribution in [0, 0.1) is 21.4 Å². The number of rotatable bonds is 3. The average molecular weight is 261 g/mol. The Morgan fingerprint density at radius 3 is 2.95 bits per heavy atom. The maximum absolute atomic E-state index is 12.0. The quantitative estimate of drug-likeness (QED) is 0.608. The number of ether oxygens (including phenoxy) is 1. The topological polar surface area (TPSA) is 96.5 Å². The van der Waals surface area contributed by atoms with E-state index >= 15 is 0 Å². The number of amides is 1. The van der Waals surface area contributed by atoms with Crippen molar-refractivity contribution >= 4 is 17.3 Å². The predicted molar refractivity (Wildman–Crippen MR) is 65.8 cm³/mol. The maximum atomic E-state index is 12.0. The first-order valence-electron chi connectivity index (χ1n) is 5.68. The Morgan fingerprint density at radius 2 is 2.32 bits per heavy atom. The first-order valence-corrected chi connectivity index (χ1v) is 5.68. The van der Waals surface area contributed by atoms with Gasteiger partial charge in [-0.2, -0.15) is 5.26 Å². The fourth-order valence-corrected chi connectivity index (χ4v) is 1.91. The molecule has 1 amide bonds. The molecule has 1 aromatic carbocycles. The molecule has 0 aliphatic carbocycles. The fourth-order valence-electron chi connectivity index (χ4n) is 1.91. The van der Waals surface area contributed by atoms with Gasteiger partial charge in [-0.1, -0.05) is 0 Å². The zero-order valence-corrected chi connectivity index (χ0v) is 10.2. The zero-order chi connectivity index (χ0) is 14.0.